The van der Waals surface area contributed by atoms with Crippen LogP contribution in [0.3, 0.4) is 0 Å². The zero-order valence-electron chi connectivity index (χ0n) is 21.4. The van der Waals surface area contributed by atoms with Crippen molar-refractivity contribution < 1.29 is 39.2 Å². The Bertz CT molecular complexity index is 1340. The fourth-order valence-electron chi connectivity index (χ4n) is 6.70. The second kappa shape index (κ2) is 8.21. The molecule has 4 aliphatic rings. The number of phenolic OH excluding ortho intramolecular Hbond substituents is 1. The number of aliphatic hydroxyl groups excluding tert-OH is 2. The van der Waals surface area contributed by atoms with Crippen molar-refractivity contribution in [2.24, 2.45) is 11.8 Å². The topological polar surface area (TPSA) is 139 Å². The van der Waals surface area contributed by atoms with Crippen LogP contribution in [0.25, 0.3) is 5.76 Å². The zero-order valence-corrected chi connectivity index (χ0v) is 21.4. The van der Waals surface area contributed by atoms with E-state index in [1.54, 1.807) is 14.1 Å². The first kappa shape index (κ1) is 25.6. The average molecular weight is 515 g/mol. The Balaban J connectivity index is 1.72. The van der Waals surface area contributed by atoms with Gasteiger partial charge < -0.3 is 20.4 Å². The lowest BCUT2D eigenvalue weighted by molar-refractivity contribution is -0.153. The number of likely N-dealkylation sites (N-methyl/N-ethyl adjacent to an activating group) is 1. The number of nitrogens with zero attached hydrogens (tertiary/aromatic N) is 2. The molecule has 3 aliphatic carbocycles. The van der Waals surface area contributed by atoms with E-state index in [1.165, 1.54) is 4.90 Å². The van der Waals surface area contributed by atoms with Crippen LogP contribution in [0.2, 0.25) is 0 Å². The van der Waals surface area contributed by atoms with E-state index in [0.29, 0.717) is 17.7 Å². The fourth-order valence-corrected chi connectivity index (χ4v) is 6.70. The Morgan fingerprint density at radius 3 is 2.30 bits per heavy atom. The summed E-state index contributed by atoms with van der Waals surface area (Å²) < 4.78 is 15.8. The Kier molecular flexibility index (Phi) is 5.67. The molecule has 4 atom stereocenters. The molecule has 0 amide bonds. The molecular weight excluding hydrogens is 483 g/mol. The summed E-state index contributed by atoms with van der Waals surface area (Å²) in [6.45, 7) is 5.53. The lowest BCUT2D eigenvalue weighted by Gasteiger charge is -2.50. The Hall–Kier alpha value is -3.08. The minimum absolute atomic E-state index is 0.0414. The summed E-state index contributed by atoms with van der Waals surface area (Å²) in [5.41, 5.74) is -2.95. The summed E-state index contributed by atoms with van der Waals surface area (Å²) in [5.74, 6) is -7.02. The number of hydrogen-bond donors (Lipinski definition) is 4. The third-order valence-corrected chi connectivity index (χ3v) is 8.59. The maximum atomic E-state index is 15.8. The van der Waals surface area contributed by atoms with Crippen molar-refractivity contribution in [2.75, 3.05) is 14.1 Å². The molecule has 1 aromatic rings. The van der Waals surface area contributed by atoms with Crippen molar-refractivity contribution in [3.05, 3.63) is 45.0 Å². The van der Waals surface area contributed by atoms with Gasteiger partial charge >= 0.3 is 0 Å². The van der Waals surface area contributed by atoms with E-state index < -0.39 is 63.7 Å². The second-order valence-corrected chi connectivity index (χ2v) is 11.1. The van der Waals surface area contributed by atoms with Crippen molar-refractivity contribution in [1.29, 1.82) is 0 Å². The van der Waals surface area contributed by atoms with Gasteiger partial charge in [0.25, 0.3) is 0 Å². The predicted octanol–water partition coefficient (Wildman–Crippen LogP) is 1.93. The SMILES string of the molecule is CC(=O)C1=C(O)[C@@]2(O)C(=O)C3=C(O)c4c(O)c5c(c(F)c4C[C@H]3C[C@H]2[C@H](N(C)C)C1=O)CN(C(C)C)C5. The number of ketones is 3. The van der Waals surface area contributed by atoms with Crippen LogP contribution in [0.15, 0.2) is 16.9 Å². The molecule has 0 bridgehead atoms. The van der Waals surface area contributed by atoms with E-state index in [1.807, 2.05) is 18.7 Å². The van der Waals surface area contributed by atoms with Gasteiger partial charge in [-0.2, -0.15) is 0 Å². The number of hydrogen-bond acceptors (Lipinski definition) is 9. The first-order valence-electron chi connectivity index (χ1n) is 12.4. The number of carbonyl (C=O) groups is 3. The maximum Gasteiger partial charge on any atom is 0.202 e. The summed E-state index contributed by atoms with van der Waals surface area (Å²) in [6, 6.07) is -1.02. The highest BCUT2D eigenvalue weighted by Gasteiger charge is 2.64. The average Bonchev–Trinajstić information content (AvgIpc) is 3.26. The molecule has 37 heavy (non-hydrogen) atoms. The normalized spacial score (nSPS) is 29.6. The number of halogens is 1. The molecular formula is C27H31FN2O7. The van der Waals surface area contributed by atoms with Crippen LogP contribution in [0.1, 0.15) is 49.4 Å². The van der Waals surface area contributed by atoms with Gasteiger partial charge in [-0.25, -0.2) is 4.39 Å². The highest BCUT2D eigenvalue weighted by atomic mass is 19.1. The number of carbonyl (C=O) groups excluding carboxylic acids is 3. The van der Waals surface area contributed by atoms with Crippen LogP contribution in [-0.2, 0) is 33.9 Å². The molecule has 9 nitrogen and oxygen atoms in total. The van der Waals surface area contributed by atoms with Crippen molar-refractivity contribution in [3.63, 3.8) is 0 Å². The van der Waals surface area contributed by atoms with Crippen molar-refractivity contribution in [1.82, 2.24) is 9.80 Å². The molecule has 1 heterocycles. The summed E-state index contributed by atoms with van der Waals surface area (Å²) >= 11 is 0. The lowest BCUT2D eigenvalue weighted by Crippen LogP contribution is -2.65. The van der Waals surface area contributed by atoms with Crippen LogP contribution in [0.4, 0.5) is 4.39 Å². The molecule has 0 aromatic heterocycles. The van der Waals surface area contributed by atoms with Crippen LogP contribution < -0.4 is 0 Å². The Morgan fingerprint density at radius 1 is 1.11 bits per heavy atom. The number of aliphatic hydroxyl groups is 3. The minimum Gasteiger partial charge on any atom is -0.508 e. The monoisotopic (exact) mass is 514 g/mol. The molecule has 1 fully saturated rings. The van der Waals surface area contributed by atoms with Gasteiger partial charge in [0.1, 0.15) is 28.7 Å². The molecule has 0 radical (unpaired) electrons. The minimum atomic E-state index is -2.64. The quantitative estimate of drug-likeness (QED) is 0.446. The van der Waals surface area contributed by atoms with Crippen LogP contribution in [0.5, 0.6) is 5.75 Å². The first-order valence-corrected chi connectivity index (χ1v) is 12.4. The van der Waals surface area contributed by atoms with Crippen LogP contribution in [-0.4, -0.2) is 79.4 Å². The molecule has 198 valence electrons. The molecule has 1 saturated carbocycles. The number of fused-ring (bicyclic) bond motifs is 4. The van der Waals surface area contributed by atoms with Crippen molar-refractivity contribution in [2.45, 2.75) is 64.4 Å². The van der Waals surface area contributed by atoms with Crippen LogP contribution >= 0.6 is 0 Å². The summed E-state index contributed by atoms with van der Waals surface area (Å²) in [7, 11) is 3.13. The van der Waals surface area contributed by atoms with Crippen molar-refractivity contribution in [3.8, 4) is 5.75 Å². The largest absolute Gasteiger partial charge is 0.508 e. The fraction of sp³-hybridized carbons (Fsp3) is 0.519. The lowest BCUT2D eigenvalue weighted by atomic mass is 9.57. The summed E-state index contributed by atoms with van der Waals surface area (Å²) in [6.07, 6.45) is -0.0832. The standard InChI is InChI=1S/C27H31FN2O7/c1-10(2)30-8-14-15(9-30)22(32)19-13(20(14)28)6-12-7-16-21(29(4)5)24(34)17(11(3)31)25(35)27(16,37)26(36)18(12)23(19)33/h10,12,16,21,32-33,35,37H,6-9H2,1-5H3/t12-,16-,21-,27+/m0/s1. The molecule has 10 heteroatoms. The maximum absolute atomic E-state index is 15.8. The first-order chi connectivity index (χ1) is 17.2. The smallest absolute Gasteiger partial charge is 0.202 e. The van der Waals surface area contributed by atoms with Gasteiger partial charge in [0, 0.05) is 47.3 Å². The highest BCUT2D eigenvalue weighted by molar-refractivity contribution is 6.25. The molecule has 0 saturated heterocycles. The van der Waals surface area contributed by atoms with E-state index in [9.17, 15) is 34.8 Å². The molecule has 0 unspecified atom stereocenters. The van der Waals surface area contributed by atoms with Crippen LogP contribution in [0, 0.1) is 17.7 Å². The van der Waals surface area contributed by atoms with E-state index in [2.05, 4.69) is 0 Å². The zero-order chi connectivity index (χ0) is 27.3. The van der Waals surface area contributed by atoms with E-state index in [4.69, 9.17) is 0 Å². The molecule has 4 N–H and O–H groups in total. The van der Waals surface area contributed by atoms with Gasteiger partial charge in [-0.15, -0.1) is 0 Å². The van der Waals surface area contributed by atoms with Gasteiger partial charge in [-0.1, -0.05) is 0 Å². The number of phenols is 1. The molecule has 5 rings (SSSR count). The summed E-state index contributed by atoms with van der Waals surface area (Å²) in [4.78, 5) is 42.8. The summed E-state index contributed by atoms with van der Waals surface area (Å²) in [5, 5.41) is 45.0. The highest BCUT2D eigenvalue weighted by Crippen LogP contribution is 2.54. The molecule has 1 aliphatic heterocycles. The van der Waals surface area contributed by atoms with Gasteiger partial charge in [-0.05, 0) is 53.6 Å². The van der Waals surface area contributed by atoms with E-state index in [-0.39, 0.29) is 47.9 Å². The van der Waals surface area contributed by atoms with Crippen molar-refractivity contribution >= 4 is 23.1 Å². The van der Waals surface area contributed by atoms with Gasteiger partial charge in [0.2, 0.25) is 5.78 Å². The van der Waals surface area contributed by atoms with Gasteiger partial charge in [0.05, 0.1) is 11.6 Å². The number of Topliss-reactive ketones (excluding diaryl/α,β-unsaturated/α-hetero) is 3. The van der Waals surface area contributed by atoms with Gasteiger partial charge in [0.15, 0.2) is 17.2 Å². The third kappa shape index (κ3) is 3.22. The number of benzene rings is 1. The molecule has 0 spiro atoms. The van der Waals surface area contributed by atoms with Gasteiger partial charge in [-0.3, -0.25) is 24.2 Å². The van der Waals surface area contributed by atoms with E-state index in [0.717, 1.165) is 6.92 Å². The third-order valence-electron chi connectivity index (χ3n) is 8.59. The number of aromatic hydroxyl groups is 1. The van der Waals surface area contributed by atoms with E-state index >= 15 is 4.39 Å². The second-order valence-electron chi connectivity index (χ2n) is 11.1. The Morgan fingerprint density at radius 2 is 1.73 bits per heavy atom. The predicted molar refractivity (Wildman–Crippen MR) is 130 cm³/mol. The number of rotatable bonds is 3. The Labute approximate surface area is 213 Å². The molecule has 1 aromatic carbocycles.